The maximum absolute atomic E-state index is 13.7. The van der Waals surface area contributed by atoms with Crippen LogP contribution in [0.3, 0.4) is 0 Å². The number of halogens is 1. The number of ether oxygens (including phenoxy) is 1. The van der Waals surface area contributed by atoms with E-state index in [9.17, 15) is 9.50 Å². The fourth-order valence-electron chi connectivity index (χ4n) is 3.47. The third kappa shape index (κ3) is 4.59. The van der Waals surface area contributed by atoms with Crippen molar-refractivity contribution in [2.45, 2.75) is 38.9 Å². The Morgan fingerprint density at radius 2 is 1.88 bits per heavy atom. The molecule has 1 saturated heterocycles. The van der Waals surface area contributed by atoms with Gasteiger partial charge in [-0.15, -0.1) is 0 Å². The topological polar surface area (TPSA) is 32.7 Å². The Balaban J connectivity index is 1.51. The lowest BCUT2D eigenvalue weighted by Crippen LogP contribution is -2.40. The molecule has 0 aromatic heterocycles. The van der Waals surface area contributed by atoms with Crippen LogP contribution in [-0.2, 0) is 0 Å². The van der Waals surface area contributed by atoms with Gasteiger partial charge in [0.2, 0.25) is 0 Å². The highest BCUT2D eigenvalue weighted by Gasteiger charge is 2.23. The number of hydrogen-bond acceptors (Lipinski definition) is 3. The Morgan fingerprint density at radius 1 is 1.16 bits per heavy atom. The quantitative estimate of drug-likeness (QED) is 0.890. The summed E-state index contributed by atoms with van der Waals surface area (Å²) in [5, 5.41) is 10.6. The van der Waals surface area contributed by atoms with Crippen molar-refractivity contribution in [1.29, 1.82) is 0 Å². The summed E-state index contributed by atoms with van der Waals surface area (Å²) in [6.45, 7) is 6.42. The molecular formula is C21H26FNO2. The molecule has 1 atom stereocenters. The number of piperidine rings is 1. The maximum atomic E-state index is 13.7. The van der Waals surface area contributed by atoms with E-state index in [4.69, 9.17) is 4.74 Å². The fourth-order valence-corrected chi connectivity index (χ4v) is 3.47. The number of benzene rings is 2. The normalized spacial score (nSPS) is 17.4. The largest absolute Gasteiger partial charge is 0.487 e. The second-order valence-corrected chi connectivity index (χ2v) is 6.92. The van der Waals surface area contributed by atoms with Gasteiger partial charge >= 0.3 is 0 Å². The van der Waals surface area contributed by atoms with Crippen LogP contribution in [0, 0.1) is 19.7 Å². The van der Waals surface area contributed by atoms with Crippen LogP contribution >= 0.6 is 0 Å². The SMILES string of the molecule is Cc1ccc(C(O)CN2CCC(Oc3ccccc3F)CC2)c(C)c1. The summed E-state index contributed by atoms with van der Waals surface area (Å²) >= 11 is 0. The maximum Gasteiger partial charge on any atom is 0.165 e. The van der Waals surface area contributed by atoms with Crippen molar-refractivity contribution in [3.8, 4) is 5.75 Å². The monoisotopic (exact) mass is 343 g/mol. The van der Waals surface area contributed by atoms with E-state index in [1.54, 1.807) is 18.2 Å². The summed E-state index contributed by atoms with van der Waals surface area (Å²) in [5.41, 5.74) is 3.33. The Hall–Kier alpha value is -1.91. The highest BCUT2D eigenvalue weighted by atomic mass is 19.1. The van der Waals surface area contributed by atoms with E-state index in [0.717, 1.165) is 37.1 Å². The van der Waals surface area contributed by atoms with Gasteiger partial charge in [-0.2, -0.15) is 0 Å². The van der Waals surface area contributed by atoms with Gasteiger partial charge in [-0.25, -0.2) is 4.39 Å². The summed E-state index contributed by atoms with van der Waals surface area (Å²) in [4.78, 5) is 2.26. The first-order valence-electron chi connectivity index (χ1n) is 8.91. The molecule has 3 nitrogen and oxygen atoms in total. The zero-order valence-corrected chi connectivity index (χ0v) is 14.9. The van der Waals surface area contributed by atoms with Crippen molar-refractivity contribution < 1.29 is 14.2 Å². The summed E-state index contributed by atoms with van der Waals surface area (Å²) in [6.07, 6.45) is 1.23. The Labute approximate surface area is 149 Å². The lowest BCUT2D eigenvalue weighted by Gasteiger charge is -2.33. The van der Waals surface area contributed by atoms with E-state index in [2.05, 4.69) is 17.9 Å². The van der Waals surface area contributed by atoms with Gasteiger partial charge in [0.1, 0.15) is 6.10 Å². The third-order valence-corrected chi connectivity index (χ3v) is 4.88. The molecule has 134 valence electrons. The molecule has 1 unspecified atom stereocenters. The van der Waals surface area contributed by atoms with Crippen molar-refractivity contribution >= 4 is 0 Å². The number of para-hydroxylation sites is 1. The molecule has 1 fully saturated rings. The van der Waals surface area contributed by atoms with Crippen LogP contribution in [0.25, 0.3) is 0 Å². The highest BCUT2D eigenvalue weighted by molar-refractivity contribution is 5.32. The lowest BCUT2D eigenvalue weighted by molar-refractivity contribution is 0.0593. The zero-order chi connectivity index (χ0) is 17.8. The number of aliphatic hydroxyl groups excluding tert-OH is 1. The van der Waals surface area contributed by atoms with Crippen LogP contribution in [0.2, 0.25) is 0 Å². The second-order valence-electron chi connectivity index (χ2n) is 6.92. The van der Waals surface area contributed by atoms with Crippen LogP contribution in [0.15, 0.2) is 42.5 Å². The summed E-state index contributed by atoms with van der Waals surface area (Å²) in [6, 6.07) is 12.7. The van der Waals surface area contributed by atoms with Crippen molar-refractivity contribution in [1.82, 2.24) is 4.90 Å². The molecule has 2 aromatic carbocycles. The van der Waals surface area contributed by atoms with E-state index in [1.807, 2.05) is 19.1 Å². The average Bonchev–Trinajstić information content (AvgIpc) is 2.58. The summed E-state index contributed by atoms with van der Waals surface area (Å²) < 4.78 is 19.5. The van der Waals surface area contributed by atoms with Gasteiger partial charge in [-0.05, 0) is 49.9 Å². The molecule has 3 rings (SSSR count). The highest BCUT2D eigenvalue weighted by Crippen LogP contribution is 2.24. The van der Waals surface area contributed by atoms with E-state index in [0.29, 0.717) is 12.3 Å². The van der Waals surface area contributed by atoms with E-state index in [1.165, 1.54) is 11.6 Å². The Bertz CT molecular complexity index is 711. The number of aliphatic hydroxyl groups is 1. The first kappa shape index (κ1) is 17.9. The van der Waals surface area contributed by atoms with Crippen LogP contribution in [-0.4, -0.2) is 35.7 Å². The molecule has 0 radical (unpaired) electrons. The van der Waals surface area contributed by atoms with Crippen molar-refractivity contribution in [3.63, 3.8) is 0 Å². The van der Waals surface area contributed by atoms with Crippen molar-refractivity contribution in [2.24, 2.45) is 0 Å². The fraction of sp³-hybridized carbons (Fsp3) is 0.429. The molecular weight excluding hydrogens is 317 g/mol. The molecule has 1 aliphatic rings. The van der Waals surface area contributed by atoms with Crippen LogP contribution < -0.4 is 4.74 Å². The van der Waals surface area contributed by atoms with E-state index >= 15 is 0 Å². The van der Waals surface area contributed by atoms with Crippen LogP contribution in [0.1, 0.15) is 35.6 Å². The smallest absolute Gasteiger partial charge is 0.165 e. The standard InChI is InChI=1S/C21H26FNO2/c1-15-7-8-18(16(2)13-15)20(24)14-23-11-9-17(10-12-23)25-21-6-4-3-5-19(21)22/h3-8,13,17,20,24H,9-12,14H2,1-2H3. The number of likely N-dealkylation sites (tertiary alicyclic amines) is 1. The molecule has 0 amide bonds. The van der Waals surface area contributed by atoms with Gasteiger partial charge in [0, 0.05) is 19.6 Å². The average molecular weight is 343 g/mol. The molecule has 1 heterocycles. The minimum Gasteiger partial charge on any atom is -0.487 e. The van der Waals surface area contributed by atoms with Crippen LogP contribution in [0.4, 0.5) is 4.39 Å². The molecule has 1 N–H and O–H groups in total. The zero-order valence-electron chi connectivity index (χ0n) is 14.9. The Morgan fingerprint density at radius 3 is 2.56 bits per heavy atom. The van der Waals surface area contributed by atoms with Crippen molar-refractivity contribution in [3.05, 3.63) is 65.0 Å². The number of nitrogens with zero attached hydrogens (tertiary/aromatic N) is 1. The molecule has 4 heteroatoms. The Kier molecular flexibility index (Phi) is 5.71. The van der Waals surface area contributed by atoms with E-state index < -0.39 is 6.10 Å². The predicted molar refractivity (Wildman–Crippen MR) is 97.4 cm³/mol. The minimum atomic E-state index is -0.482. The number of rotatable bonds is 5. The number of aryl methyl sites for hydroxylation is 2. The number of β-amino-alcohol motifs (C(OH)–C–C–N with tert-alkyl or cyclic N) is 1. The summed E-state index contributed by atoms with van der Waals surface area (Å²) in [5.74, 6) is 0.0199. The molecule has 25 heavy (non-hydrogen) atoms. The van der Waals surface area contributed by atoms with Gasteiger partial charge in [0.05, 0.1) is 6.10 Å². The van der Waals surface area contributed by atoms with Gasteiger partial charge in [-0.1, -0.05) is 35.9 Å². The number of hydrogen-bond donors (Lipinski definition) is 1. The molecule has 2 aromatic rings. The summed E-state index contributed by atoms with van der Waals surface area (Å²) in [7, 11) is 0. The van der Waals surface area contributed by atoms with Crippen molar-refractivity contribution in [2.75, 3.05) is 19.6 Å². The second kappa shape index (κ2) is 7.98. The third-order valence-electron chi connectivity index (χ3n) is 4.88. The minimum absolute atomic E-state index is 0.0337. The first-order valence-corrected chi connectivity index (χ1v) is 8.91. The van der Waals surface area contributed by atoms with Gasteiger partial charge in [0.15, 0.2) is 11.6 Å². The first-order chi connectivity index (χ1) is 12.0. The molecule has 0 saturated carbocycles. The van der Waals surface area contributed by atoms with Gasteiger partial charge in [0.25, 0.3) is 0 Å². The predicted octanol–water partition coefficient (Wildman–Crippen LogP) is 4.02. The molecule has 1 aliphatic heterocycles. The van der Waals surface area contributed by atoms with E-state index in [-0.39, 0.29) is 11.9 Å². The molecule has 0 aliphatic carbocycles. The van der Waals surface area contributed by atoms with Gasteiger partial charge < -0.3 is 14.7 Å². The van der Waals surface area contributed by atoms with Crippen LogP contribution in [0.5, 0.6) is 5.75 Å². The van der Waals surface area contributed by atoms with Gasteiger partial charge in [-0.3, -0.25) is 0 Å². The molecule has 0 bridgehead atoms. The molecule has 0 spiro atoms. The lowest BCUT2D eigenvalue weighted by atomic mass is 9.99.